The van der Waals surface area contributed by atoms with Crippen LogP contribution in [0.2, 0.25) is 0 Å². The zero-order chi connectivity index (χ0) is 13.7. The van der Waals surface area contributed by atoms with E-state index in [1.807, 2.05) is 6.92 Å². The van der Waals surface area contributed by atoms with E-state index in [0.717, 1.165) is 23.9 Å². The predicted octanol–water partition coefficient (Wildman–Crippen LogP) is 3.47. The fourth-order valence-corrected chi connectivity index (χ4v) is 2.96. The van der Waals surface area contributed by atoms with Crippen LogP contribution in [-0.4, -0.2) is 24.2 Å². The van der Waals surface area contributed by atoms with E-state index in [2.05, 4.69) is 44.9 Å². The number of rotatable bonds is 7. The van der Waals surface area contributed by atoms with E-state index in [1.54, 1.807) is 11.3 Å². The maximum atomic E-state index is 5.55. The standard InChI is InChI=1S/C14H26N2OS/c1-7-17-8-13(9(2)3)16-11(5)14-10(4)15-12(6)18-14/h9,11,13,16H,7-8H2,1-6H3. The highest BCUT2D eigenvalue weighted by Gasteiger charge is 2.19. The zero-order valence-corrected chi connectivity index (χ0v) is 13.2. The first-order valence-electron chi connectivity index (χ1n) is 6.73. The van der Waals surface area contributed by atoms with Gasteiger partial charge in [-0.2, -0.15) is 0 Å². The molecule has 1 aromatic rings. The molecule has 18 heavy (non-hydrogen) atoms. The second-order valence-corrected chi connectivity index (χ2v) is 6.32. The Morgan fingerprint density at radius 3 is 2.39 bits per heavy atom. The molecule has 0 fully saturated rings. The van der Waals surface area contributed by atoms with E-state index in [-0.39, 0.29) is 0 Å². The number of nitrogens with one attached hydrogen (secondary N) is 1. The van der Waals surface area contributed by atoms with Crippen molar-refractivity contribution in [1.82, 2.24) is 10.3 Å². The summed E-state index contributed by atoms with van der Waals surface area (Å²) in [5, 5.41) is 4.81. The van der Waals surface area contributed by atoms with Gasteiger partial charge in [0.25, 0.3) is 0 Å². The molecular weight excluding hydrogens is 244 g/mol. The van der Waals surface area contributed by atoms with E-state index in [4.69, 9.17) is 4.74 Å². The van der Waals surface area contributed by atoms with Gasteiger partial charge in [0.2, 0.25) is 0 Å². The number of hydrogen-bond donors (Lipinski definition) is 1. The zero-order valence-electron chi connectivity index (χ0n) is 12.4. The molecule has 0 aliphatic heterocycles. The molecule has 1 N–H and O–H groups in total. The van der Waals surface area contributed by atoms with Gasteiger partial charge in [0.05, 0.1) is 17.3 Å². The minimum atomic E-state index is 0.337. The summed E-state index contributed by atoms with van der Waals surface area (Å²) < 4.78 is 5.55. The van der Waals surface area contributed by atoms with Gasteiger partial charge in [-0.15, -0.1) is 11.3 Å². The Morgan fingerprint density at radius 2 is 1.94 bits per heavy atom. The van der Waals surface area contributed by atoms with E-state index in [9.17, 15) is 0 Å². The second-order valence-electron chi connectivity index (χ2n) is 5.08. The maximum absolute atomic E-state index is 5.55. The Labute approximate surface area is 115 Å². The fourth-order valence-electron chi connectivity index (χ4n) is 2.02. The lowest BCUT2D eigenvalue weighted by Crippen LogP contribution is -2.39. The summed E-state index contributed by atoms with van der Waals surface area (Å²) >= 11 is 1.79. The summed E-state index contributed by atoms with van der Waals surface area (Å²) in [5.74, 6) is 0.563. The van der Waals surface area contributed by atoms with Crippen LogP contribution in [0.25, 0.3) is 0 Å². The first kappa shape index (κ1) is 15.6. The summed E-state index contributed by atoms with van der Waals surface area (Å²) in [7, 11) is 0. The summed E-state index contributed by atoms with van der Waals surface area (Å²) in [6.07, 6.45) is 0. The van der Waals surface area contributed by atoms with Crippen LogP contribution in [0.1, 0.15) is 49.3 Å². The Morgan fingerprint density at radius 1 is 1.28 bits per heavy atom. The molecule has 1 heterocycles. The molecule has 0 aliphatic rings. The van der Waals surface area contributed by atoms with Crippen molar-refractivity contribution in [3.05, 3.63) is 15.6 Å². The topological polar surface area (TPSA) is 34.1 Å². The van der Waals surface area contributed by atoms with Crippen LogP contribution in [0.3, 0.4) is 0 Å². The Balaban J connectivity index is 2.65. The number of aryl methyl sites for hydroxylation is 2. The lowest BCUT2D eigenvalue weighted by molar-refractivity contribution is 0.104. The molecule has 1 rings (SSSR count). The maximum Gasteiger partial charge on any atom is 0.0900 e. The average Bonchev–Trinajstić information content (AvgIpc) is 2.63. The molecule has 0 spiro atoms. The van der Waals surface area contributed by atoms with Gasteiger partial charge in [-0.25, -0.2) is 4.98 Å². The highest BCUT2D eigenvalue weighted by Crippen LogP contribution is 2.25. The first-order chi connectivity index (χ1) is 8.45. The quantitative estimate of drug-likeness (QED) is 0.824. The summed E-state index contributed by atoms with van der Waals surface area (Å²) in [5.41, 5.74) is 1.15. The van der Waals surface area contributed by atoms with Crippen LogP contribution < -0.4 is 5.32 Å². The lowest BCUT2D eigenvalue weighted by atomic mass is 10.0. The smallest absolute Gasteiger partial charge is 0.0900 e. The van der Waals surface area contributed by atoms with E-state index in [1.165, 1.54) is 4.88 Å². The molecule has 0 saturated heterocycles. The van der Waals surface area contributed by atoms with Gasteiger partial charge in [-0.1, -0.05) is 13.8 Å². The van der Waals surface area contributed by atoms with E-state index in [0.29, 0.717) is 18.0 Å². The third-order valence-electron chi connectivity index (χ3n) is 3.10. The van der Waals surface area contributed by atoms with Crippen molar-refractivity contribution in [2.24, 2.45) is 5.92 Å². The summed E-state index contributed by atoms with van der Waals surface area (Å²) in [4.78, 5) is 5.84. The molecule has 0 radical (unpaired) electrons. The van der Waals surface area contributed by atoms with Gasteiger partial charge in [0.15, 0.2) is 0 Å². The summed E-state index contributed by atoms with van der Waals surface area (Å²) in [6, 6.07) is 0.728. The number of aromatic nitrogens is 1. The minimum Gasteiger partial charge on any atom is -0.380 e. The van der Waals surface area contributed by atoms with Crippen molar-refractivity contribution < 1.29 is 4.74 Å². The number of nitrogens with zero attached hydrogens (tertiary/aromatic N) is 1. The second kappa shape index (κ2) is 7.22. The van der Waals surface area contributed by atoms with Crippen LogP contribution in [-0.2, 0) is 4.74 Å². The molecule has 0 aliphatic carbocycles. The third kappa shape index (κ3) is 4.34. The number of thiazole rings is 1. The van der Waals surface area contributed by atoms with Crippen molar-refractivity contribution in [2.45, 2.75) is 53.6 Å². The molecule has 2 unspecified atom stereocenters. The largest absolute Gasteiger partial charge is 0.380 e. The van der Waals surface area contributed by atoms with Crippen LogP contribution >= 0.6 is 11.3 Å². The summed E-state index contributed by atoms with van der Waals surface area (Å²) in [6.45, 7) is 14.4. The van der Waals surface area contributed by atoms with Gasteiger partial charge < -0.3 is 10.1 Å². The highest BCUT2D eigenvalue weighted by atomic mass is 32.1. The van der Waals surface area contributed by atoms with Crippen LogP contribution in [0, 0.1) is 19.8 Å². The van der Waals surface area contributed by atoms with Gasteiger partial charge >= 0.3 is 0 Å². The van der Waals surface area contributed by atoms with Crippen LogP contribution in [0.15, 0.2) is 0 Å². The van der Waals surface area contributed by atoms with Crippen molar-refractivity contribution >= 4 is 11.3 Å². The molecule has 0 saturated carbocycles. The van der Waals surface area contributed by atoms with Crippen LogP contribution in [0.5, 0.6) is 0 Å². The average molecular weight is 270 g/mol. The minimum absolute atomic E-state index is 0.337. The van der Waals surface area contributed by atoms with Crippen molar-refractivity contribution in [1.29, 1.82) is 0 Å². The number of hydrogen-bond acceptors (Lipinski definition) is 4. The number of ether oxygens (including phenoxy) is 1. The Kier molecular flexibility index (Phi) is 6.26. The highest BCUT2D eigenvalue weighted by molar-refractivity contribution is 7.11. The molecule has 1 aromatic heterocycles. The normalized spacial score (nSPS) is 15.1. The van der Waals surface area contributed by atoms with Crippen molar-refractivity contribution in [2.75, 3.05) is 13.2 Å². The molecule has 0 amide bonds. The fraction of sp³-hybridized carbons (Fsp3) is 0.786. The molecule has 104 valence electrons. The molecule has 3 nitrogen and oxygen atoms in total. The van der Waals surface area contributed by atoms with Gasteiger partial charge in [-0.05, 0) is 33.6 Å². The lowest BCUT2D eigenvalue weighted by Gasteiger charge is -2.26. The first-order valence-corrected chi connectivity index (χ1v) is 7.55. The molecule has 0 bridgehead atoms. The third-order valence-corrected chi connectivity index (χ3v) is 4.36. The van der Waals surface area contributed by atoms with Crippen LogP contribution in [0.4, 0.5) is 0 Å². The van der Waals surface area contributed by atoms with E-state index >= 15 is 0 Å². The Bertz CT molecular complexity index is 363. The SMILES string of the molecule is CCOCC(NC(C)c1sc(C)nc1C)C(C)C. The van der Waals surface area contributed by atoms with Gasteiger partial charge in [-0.3, -0.25) is 0 Å². The molecule has 0 aromatic carbocycles. The predicted molar refractivity (Wildman–Crippen MR) is 78.3 cm³/mol. The monoisotopic (exact) mass is 270 g/mol. The Hall–Kier alpha value is -0.450. The molecular formula is C14H26N2OS. The van der Waals surface area contributed by atoms with Gasteiger partial charge in [0, 0.05) is 23.6 Å². The van der Waals surface area contributed by atoms with E-state index < -0.39 is 0 Å². The van der Waals surface area contributed by atoms with Crippen molar-refractivity contribution in [3.63, 3.8) is 0 Å². The molecule has 4 heteroatoms. The van der Waals surface area contributed by atoms with Crippen molar-refractivity contribution in [3.8, 4) is 0 Å². The molecule has 2 atom stereocenters. The van der Waals surface area contributed by atoms with Gasteiger partial charge in [0.1, 0.15) is 0 Å².